The third kappa shape index (κ3) is 3.50. The number of rotatable bonds is 6. The minimum atomic E-state index is -0.480. The Balaban J connectivity index is 1.65. The summed E-state index contributed by atoms with van der Waals surface area (Å²) in [7, 11) is 3.11. The first-order valence-electron chi connectivity index (χ1n) is 9.32. The van der Waals surface area contributed by atoms with Crippen molar-refractivity contribution >= 4 is 11.8 Å². The van der Waals surface area contributed by atoms with Crippen LogP contribution in [0.4, 0.5) is 0 Å². The van der Waals surface area contributed by atoms with Crippen molar-refractivity contribution in [1.29, 1.82) is 0 Å². The largest absolute Gasteiger partial charge is 0.381 e. The molecule has 1 aliphatic heterocycles. The van der Waals surface area contributed by atoms with Crippen molar-refractivity contribution < 1.29 is 19.1 Å². The van der Waals surface area contributed by atoms with Gasteiger partial charge in [0.1, 0.15) is 11.8 Å². The quantitative estimate of drug-likeness (QED) is 0.793. The van der Waals surface area contributed by atoms with Gasteiger partial charge in [0.15, 0.2) is 0 Å². The Bertz CT molecular complexity index is 876. The molecule has 146 valence electrons. The lowest BCUT2D eigenvalue weighted by atomic mass is 10.0. The lowest BCUT2D eigenvalue weighted by Crippen LogP contribution is -2.31. The first-order valence-corrected chi connectivity index (χ1v) is 9.32. The highest BCUT2D eigenvalue weighted by molar-refractivity contribution is 5.99. The third-order valence-corrected chi connectivity index (χ3v) is 5.42. The summed E-state index contributed by atoms with van der Waals surface area (Å²) in [5.74, 6) is 0.242. The van der Waals surface area contributed by atoms with E-state index in [0.717, 1.165) is 5.56 Å². The number of nitrogens with one attached hydrogen (secondary N) is 2. The van der Waals surface area contributed by atoms with Gasteiger partial charge in [-0.15, -0.1) is 0 Å². The van der Waals surface area contributed by atoms with Gasteiger partial charge < -0.3 is 20.1 Å². The summed E-state index contributed by atoms with van der Waals surface area (Å²) in [5.41, 5.74) is 1.99. The van der Waals surface area contributed by atoms with Crippen molar-refractivity contribution in [3.05, 3.63) is 65.0 Å². The molecule has 0 spiro atoms. The van der Waals surface area contributed by atoms with Gasteiger partial charge in [0, 0.05) is 37.6 Å². The Labute approximate surface area is 163 Å². The summed E-state index contributed by atoms with van der Waals surface area (Å²) in [5, 5.41) is 5.63. The number of carbonyl (C=O) groups excluding carboxylic acids is 2. The summed E-state index contributed by atoms with van der Waals surface area (Å²) in [6.45, 7) is 1.39. The van der Waals surface area contributed by atoms with Gasteiger partial charge >= 0.3 is 0 Å². The van der Waals surface area contributed by atoms with Crippen molar-refractivity contribution in [1.82, 2.24) is 15.6 Å². The lowest BCUT2D eigenvalue weighted by molar-refractivity contribution is 0.0927. The molecule has 2 aliphatic rings. The molecule has 4 rings (SSSR count). The zero-order chi connectivity index (χ0) is 19.7. The maximum absolute atomic E-state index is 12.8. The van der Waals surface area contributed by atoms with Crippen LogP contribution in [-0.4, -0.2) is 50.2 Å². The number of aromatic nitrogens is 1. The molecular formula is C21H23N3O4. The molecule has 2 fully saturated rings. The van der Waals surface area contributed by atoms with Gasteiger partial charge in [0.25, 0.3) is 11.8 Å². The normalized spacial score (nSPS) is 23.6. The predicted octanol–water partition coefficient (Wildman–Crippen LogP) is 1.55. The number of pyridine rings is 1. The maximum atomic E-state index is 12.8. The van der Waals surface area contributed by atoms with Crippen LogP contribution in [0.1, 0.15) is 38.2 Å². The molecule has 1 aromatic carbocycles. The Kier molecular flexibility index (Phi) is 5.11. The van der Waals surface area contributed by atoms with E-state index in [2.05, 4.69) is 15.6 Å². The van der Waals surface area contributed by atoms with Crippen LogP contribution in [0.25, 0.3) is 0 Å². The highest BCUT2D eigenvalue weighted by atomic mass is 16.5. The molecule has 2 aromatic rings. The SMILES string of the molecule is CNC(=O)c1cc(C(=O)NC2[C@H]3COC[C@@H]23)cc([C@H](OC)c2ccccc2)n1. The summed E-state index contributed by atoms with van der Waals surface area (Å²) in [6.07, 6.45) is -0.480. The van der Waals surface area contributed by atoms with Crippen molar-refractivity contribution in [2.24, 2.45) is 11.8 Å². The van der Waals surface area contributed by atoms with E-state index in [-0.39, 0.29) is 23.6 Å². The number of fused-ring (bicyclic) bond motifs is 1. The standard InChI is InChI=1S/C21H23N3O4/c1-22-21(26)17-9-13(20(25)24-18-14-10-28-11-15(14)18)8-16(23-17)19(27-2)12-6-4-3-5-7-12/h3-9,14-15,18-19H,10-11H2,1-2H3,(H,22,26)(H,24,25)/t14-,15+,18?,19-/m1/s1. The molecule has 4 atom stereocenters. The second-order valence-corrected chi connectivity index (χ2v) is 7.14. The Hall–Kier alpha value is -2.77. The van der Waals surface area contributed by atoms with Gasteiger partial charge in [-0.3, -0.25) is 9.59 Å². The zero-order valence-corrected chi connectivity index (χ0v) is 15.8. The second kappa shape index (κ2) is 7.69. The highest BCUT2D eigenvalue weighted by Gasteiger charge is 2.54. The fourth-order valence-electron chi connectivity index (χ4n) is 3.81. The van der Waals surface area contributed by atoms with E-state index in [1.54, 1.807) is 13.2 Å². The molecule has 1 aliphatic carbocycles. The Morgan fingerprint density at radius 3 is 2.50 bits per heavy atom. The zero-order valence-electron chi connectivity index (χ0n) is 15.8. The first kappa shape index (κ1) is 18.6. The number of methoxy groups -OCH3 is 1. The van der Waals surface area contributed by atoms with E-state index < -0.39 is 6.10 Å². The van der Waals surface area contributed by atoms with E-state index in [0.29, 0.717) is 36.3 Å². The van der Waals surface area contributed by atoms with Gasteiger partial charge in [0.05, 0.1) is 18.9 Å². The molecule has 1 unspecified atom stereocenters. The number of nitrogens with zero attached hydrogens (tertiary/aromatic N) is 1. The van der Waals surface area contributed by atoms with Gasteiger partial charge in [-0.1, -0.05) is 30.3 Å². The van der Waals surface area contributed by atoms with Crippen LogP contribution in [0.2, 0.25) is 0 Å². The van der Waals surface area contributed by atoms with Crippen molar-refractivity contribution in [2.45, 2.75) is 12.1 Å². The van der Waals surface area contributed by atoms with E-state index in [9.17, 15) is 9.59 Å². The Morgan fingerprint density at radius 1 is 1.14 bits per heavy atom. The van der Waals surface area contributed by atoms with Crippen LogP contribution in [0.3, 0.4) is 0 Å². The van der Waals surface area contributed by atoms with E-state index in [1.165, 1.54) is 13.1 Å². The monoisotopic (exact) mass is 381 g/mol. The molecule has 0 bridgehead atoms. The molecule has 7 nitrogen and oxygen atoms in total. The van der Waals surface area contributed by atoms with Gasteiger partial charge in [-0.25, -0.2) is 4.98 Å². The Morgan fingerprint density at radius 2 is 1.86 bits per heavy atom. The molecule has 7 heteroatoms. The first-order chi connectivity index (χ1) is 13.6. The average molecular weight is 381 g/mol. The molecule has 2 amide bonds. The molecule has 2 heterocycles. The lowest BCUT2D eigenvalue weighted by Gasteiger charge is -2.17. The number of amides is 2. The van der Waals surface area contributed by atoms with Crippen LogP contribution < -0.4 is 10.6 Å². The summed E-state index contributed by atoms with van der Waals surface area (Å²) >= 11 is 0. The van der Waals surface area contributed by atoms with Crippen molar-refractivity contribution in [3.63, 3.8) is 0 Å². The van der Waals surface area contributed by atoms with Crippen LogP contribution in [0.5, 0.6) is 0 Å². The number of carbonyl (C=O) groups is 2. The van der Waals surface area contributed by atoms with Crippen LogP contribution in [0, 0.1) is 11.8 Å². The maximum Gasteiger partial charge on any atom is 0.269 e. The fraction of sp³-hybridized carbons (Fsp3) is 0.381. The number of hydrogen-bond donors (Lipinski definition) is 2. The smallest absolute Gasteiger partial charge is 0.269 e. The van der Waals surface area contributed by atoms with Crippen LogP contribution >= 0.6 is 0 Å². The number of benzene rings is 1. The molecule has 1 saturated carbocycles. The van der Waals surface area contributed by atoms with Gasteiger partial charge in [-0.05, 0) is 17.7 Å². The minimum Gasteiger partial charge on any atom is -0.381 e. The van der Waals surface area contributed by atoms with Crippen LogP contribution in [0.15, 0.2) is 42.5 Å². The average Bonchev–Trinajstić information content (AvgIpc) is 3.14. The van der Waals surface area contributed by atoms with E-state index >= 15 is 0 Å². The molecule has 2 N–H and O–H groups in total. The van der Waals surface area contributed by atoms with Gasteiger partial charge in [-0.2, -0.15) is 0 Å². The summed E-state index contributed by atoms with van der Waals surface area (Å²) < 4.78 is 11.0. The van der Waals surface area contributed by atoms with Gasteiger partial charge in [0.2, 0.25) is 0 Å². The summed E-state index contributed by atoms with van der Waals surface area (Å²) in [4.78, 5) is 29.5. The van der Waals surface area contributed by atoms with E-state index in [1.807, 2.05) is 30.3 Å². The van der Waals surface area contributed by atoms with E-state index in [4.69, 9.17) is 9.47 Å². The fourth-order valence-corrected chi connectivity index (χ4v) is 3.81. The molecule has 1 saturated heterocycles. The third-order valence-electron chi connectivity index (χ3n) is 5.42. The number of hydrogen-bond acceptors (Lipinski definition) is 5. The molecule has 0 radical (unpaired) electrons. The molecule has 28 heavy (non-hydrogen) atoms. The van der Waals surface area contributed by atoms with Crippen molar-refractivity contribution in [3.8, 4) is 0 Å². The summed E-state index contributed by atoms with van der Waals surface area (Å²) in [6, 6.07) is 12.9. The highest BCUT2D eigenvalue weighted by Crippen LogP contribution is 2.44. The number of ether oxygens (including phenoxy) is 2. The second-order valence-electron chi connectivity index (χ2n) is 7.14. The predicted molar refractivity (Wildman–Crippen MR) is 102 cm³/mol. The minimum absolute atomic E-state index is 0.147. The molecular weight excluding hydrogens is 358 g/mol. The van der Waals surface area contributed by atoms with Crippen LogP contribution in [-0.2, 0) is 9.47 Å². The topological polar surface area (TPSA) is 89.6 Å². The van der Waals surface area contributed by atoms with Crippen molar-refractivity contribution in [2.75, 3.05) is 27.4 Å². The molecule has 1 aromatic heterocycles.